The van der Waals surface area contributed by atoms with Crippen molar-refractivity contribution in [2.24, 2.45) is 0 Å². The van der Waals surface area contributed by atoms with Crippen molar-refractivity contribution in [1.29, 1.82) is 0 Å². The number of benzene rings is 1. The largest absolute Gasteiger partial charge is 0.396 e. The minimum Gasteiger partial charge on any atom is -0.396 e. The maximum Gasteiger partial charge on any atom is 0.0722 e. The van der Waals surface area contributed by atoms with Gasteiger partial charge in [0.25, 0.3) is 0 Å². The second kappa shape index (κ2) is 7.66. The van der Waals surface area contributed by atoms with E-state index >= 15 is 0 Å². The Kier molecular flexibility index (Phi) is 5.87. The van der Waals surface area contributed by atoms with Gasteiger partial charge in [-0.05, 0) is 24.8 Å². The number of aliphatic hydroxyl groups is 1. The SMILES string of the molecule is OCCCOC1(Cc2ccccc2)CCCCCC1. The molecule has 0 bridgehead atoms. The van der Waals surface area contributed by atoms with Crippen LogP contribution in [0.2, 0.25) is 0 Å². The second-order valence-corrected chi connectivity index (χ2v) is 5.69. The van der Waals surface area contributed by atoms with Gasteiger partial charge in [-0.25, -0.2) is 0 Å². The van der Waals surface area contributed by atoms with Crippen LogP contribution in [0.15, 0.2) is 30.3 Å². The van der Waals surface area contributed by atoms with Gasteiger partial charge < -0.3 is 9.84 Å². The molecule has 0 heterocycles. The molecule has 1 fully saturated rings. The van der Waals surface area contributed by atoms with E-state index in [1.54, 1.807) is 0 Å². The minimum absolute atomic E-state index is 0.00697. The summed E-state index contributed by atoms with van der Waals surface area (Å²) in [4.78, 5) is 0. The molecule has 0 spiro atoms. The van der Waals surface area contributed by atoms with Crippen LogP contribution in [0.3, 0.4) is 0 Å². The molecule has 1 aromatic carbocycles. The van der Waals surface area contributed by atoms with E-state index in [9.17, 15) is 0 Å². The third-order valence-corrected chi connectivity index (χ3v) is 4.09. The fourth-order valence-electron chi connectivity index (χ4n) is 3.07. The van der Waals surface area contributed by atoms with Crippen LogP contribution in [-0.4, -0.2) is 23.9 Å². The molecule has 1 aliphatic carbocycles. The van der Waals surface area contributed by atoms with Crippen molar-refractivity contribution < 1.29 is 9.84 Å². The molecule has 0 unspecified atom stereocenters. The molecule has 1 saturated carbocycles. The molecule has 1 aliphatic rings. The Bertz CT molecular complexity index is 340. The van der Waals surface area contributed by atoms with Crippen LogP contribution < -0.4 is 0 Å². The fourth-order valence-corrected chi connectivity index (χ4v) is 3.07. The zero-order chi connectivity index (χ0) is 13.4. The zero-order valence-electron chi connectivity index (χ0n) is 11.8. The van der Waals surface area contributed by atoms with E-state index in [1.807, 2.05) is 0 Å². The van der Waals surface area contributed by atoms with Gasteiger partial charge in [-0.2, -0.15) is 0 Å². The van der Waals surface area contributed by atoms with Crippen LogP contribution in [0.5, 0.6) is 0 Å². The summed E-state index contributed by atoms with van der Waals surface area (Å²) in [6.07, 6.45) is 9.29. The molecule has 106 valence electrons. The van der Waals surface area contributed by atoms with Crippen LogP contribution in [0.1, 0.15) is 50.5 Å². The van der Waals surface area contributed by atoms with E-state index in [0.29, 0.717) is 6.61 Å². The van der Waals surface area contributed by atoms with Gasteiger partial charge in [-0.15, -0.1) is 0 Å². The van der Waals surface area contributed by atoms with E-state index in [-0.39, 0.29) is 12.2 Å². The molecule has 19 heavy (non-hydrogen) atoms. The van der Waals surface area contributed by atoms with Crippen molar-refractivity contribution >= 4 is 0 Å². The predicted octanol–water partition coefficient (Wildman–Crippen LogP) is 3.72. The second-order valence-electron chi connectivity index (χ2n) is 5.69. The standard InChI is InChI=1S/C17H26O2/c18-13-8-14-19-17(11-6-1-2-7-12-17)15-16-9-4-3-5-10-16/h3-5,9-10,18H,1-2,6-8,11-15H2. The molecule has 0 aromatic heterocycles. The Morgan fingerprint density at radius 2 is 1.68 bits per heavy atom. The van der Waals surface area contributed by atoms with Crippen molar-refractivity contribution in [2.45, 2.75) is 57.0 Å². The van der Waals surface area contributed by atoms with Gasteiger partial charge in [-0.3, -0.25) is 0 Å². The lowest BCUT2D eigenvalue weighted by Gasteiger charge is -2.33. The molecule has 2 heteroatoms. The fraction of sp³-hybridized carbons (Fsp3) is 0.647. The van der Waals surface area contributed by atoms with Gasteiger partial charge in [0, 0.05) is 19.6 Å². The van der Waals surface area contributed by atoms with Crippen LogP contribution in [-0.2, 0) is 11.2 Å². The molecule has 2 nitrogen and oxygen atoms in total. The zero-order valence-corrected chi connectivity index (χ0v) is 11.8. The monoisotopic (exact) mass is 262 g/mol. The molecule has 0 amide bonds. The quantitative estimate of drug-likeness (QED) is 0.625. The number of aliphatic hydroxyl groups excluding tert-OH is 1. The van der Waals surface area contributed by atoms with E-state index in [4.69, 9.17) is 9.84 Å². The average Bonchev–Trinajstić information content (AvgIpc) is 2.66. The third kappa shape index (κ3) is 4.63. The van der Waals surface area contributed by atoms with Crippen molar-refractivity contribution in [3.05, 3.63) is 35.9 Å². The maximum atomic E-state index is 8.94. The summed E-state index contributed by atoms with van der Waals surface area (Å²) in [6.45, 7) is 0.907. The van der Waals surface area contributed by atoms with Crippen molar-refractivity contribution in [3.63, 3.8) is 0 Å². The lowest BCUT2D eigenvalue weighted by molar-refractivity contribution is -0.0598. The Hall–Kier alpha value is -0.860. The molecule has 2 rings (SSSR count). The number of ether oxygens (including phenoxy) is 1. The van der Waals surface area contributed by atoms with Gasteiger partial charge in [-0.1, -0.05) is 56.0 Å². The summed E-state index contributed by atoms with van der Waals surface area (Å²) in [6, 6.07) is 10.7. The summed E-state index contributed by atoms with van der Waals surface area (Å²) in [7, 11) is 0. The van der Waals surface area contributed by atoms with Gasteiger partial charge in [0.2, 0.25) is 0 Å². The normalized spacial score (nSPS) is 19.0. The molecule has 0 radical (unpaired) electrons. The van der Waals surface area contributed by atoms with E-state index in [2.05, 4.69) is 30.3 Å². The smallest absolute Gasteiger partial charge is 0.0722 e. The first kappa shape index (κ1) is 14.5. The average molecular weight is 262 g/mol. The third-order valence-electron chi connectivity index (χ3n) is 4.09. The molecule has 0 saturated heterocycles. The van der Waals surface area contributed by atoms with Gasteiger partial charge in [0.1, 0.15) is 0 Å². The van der Waals surface area contributed by atoms with Crippen molar-refractivity contribution in [3.8, 4) is 0 Å². The topological polar surface area (TPSA) is 29.5 Å². The number of rotatable bonds is 6. The lowest BCUT2D eigenvalue weighted by atomic mass is 9.87. The molecular weight excluding hydrogens is 236 g/mol. The van der Waals surface area contributed by atoms with Gasteiger partial charge in [0.05, 0.1) is 5.60 Å². The first-order chi connectivity index (χ1) is 9.35. The predicted molar refractivity (Wildman–Crippen MR) is 78.2 cm³/mol. The summed E-state index contributed by atoms with van der Waals surface area (Å²) in [5.41, 5.74) is 1.38. The number of hydrogen-bond donors (Lipinski definition) is 1. The Morgan fingerprint density at radius 3 is 2.32 bits per heavy atom. The van der Waals surface area contributed by atoms with Crippen LogP contribution >= 0.6 is 0 Å². The Labute approximate surface area is 116 Å². The molecule has 1 N–H and O–H groups in total. The van der Waals surface area contributed by atoms with Crippen LogP contribution in [0.25, 0.3) is 0 Å². The van der Waals surface area contributed by atoms with Gasteiger partial charge >= 0.3 is 0 Å². The Morgan fingerprint density at radius 1 is 1.00 bits per heavy atom. The first-order valence-corrected chi connectivity index (χ1v) is 7.63. The summed E-state index contributed by atoms with van der Waals surface area (Å²) < 4.78 is 6.23. The van der Waals surface area contributed by atoms with Crippen LogP contribution in [0, 0.1) is 0 Å². The summed E-state index contributed by atoms with van der Waals surface area (Å²) in [5.74, 6) is 0. The summed E-state index contributed by atoms with van der Waals surface area (Å²) in [5, 5.41) is 8.94. The van der Waals surface area contributed by atoms with Crippen molar-refractivity contribution in [2.75, 3.05) is 13.2 Å². The highest BCUT2D eigenvalue weighted by molar-refractivity contribution is 5.17. The minimum atomic E-state index is 0.00697. The Balaban J connectivity index is 2.03. The highest BCUT2D eigenvalue weighted by Gasteiger charge is 2.31. The van der Waals surface area contributed by atoms with E-state index < -0.39 is 0 Å². The molecule has 0 aliphatic heterocycles. The highest BCUT2D eigenvalue weighted by Crippen LogP contribution is 2.33. The number of hydrogen-bond acceptors (Lipinski definition) is 2. The molecule has 0 atom stereocenters. The van der Waals surface area contributed by atoms with Crippen LogP contribution in [0.4, 0.5) is 0 Å². The molecule has 1 aromatic rings. The molecular formula is C17H26O2. The van der Waals surface area contributed by atoms with Crippen molar-refractivity contribution in [1.82, 2.24) is 0 Å². The van der Waals surface area contributed by atoms with E-state index in [1.165, 1.54) is 31.2 Å². The highest BCUT2D eigenvalue weighted by atomic mass is 16.5. The van der Waals surface area contributed by atoms with E-state index in [0.717, 1.165) is 25.7 Å². The maximum absolute atomic E-state index is 8.94. The lowest BCUT2D eigenvalue weighted by Crippen LogP contribution is -2.35. The summed E-state index contributed by atoms with van der Waals surface area (Å²) >= 11 is 0. The van der Waals surface area contributed by atoms with Gasteiger partial charge in [0.15, 0.2) is 0 Å². The first-order valence-electron chi connectivity index (χ1n) is 7.63.